The monoisotopic (exact) mass is 403 g/mol. The number of nitrogens with zero attached hydrogens (tertiary/aromatic N) is 3. The number of para-hydroxylation sites is 1. The molecule has 1 heterocycles. The van der Waals surface area contributed by atoms with Crippen molar-refractivity contribution in [2.75, 3.05) is 4.90 Å². The zero-order chi connectivity index (χ0) is 21.1. The molecule has 8 heteroatoms. The maximum atomic E-state index is 14.2. The van der Waals surface area contributed by atoms with E-state index in [1.165, 1.54) is 27.9 Å². The summed E-state index contributed by atoms with van der Waals surface area (Å²) in [5.41, 5.74) is 0.136. The van der Waals surface area contributed by atoms with Crippen LogP contribution in [0.1, 0.15) is 46.5 Å². The van der Waals surface area contributed by atoms with Gasteiger partial charge in [0, 0.05) is 12.0 Å². The molecule has 0 bridgehead atoms. The second kappa shape index (κ2) is 8.63. The summed E-state index contributed by atoms with van der Waals surface area (Å²) in [4.78, 5) is 26.0. The number of hydrogen-bond acceptors (Lipinski definition) is 4. The van der Waals surface area contributed by atoms with E-state index >= 15 is 0 Å². The van der Waals surface area contributed by atoms with Crippen molar-refractivity contribution in [1.29, 1.82) is 0 Å². The Balaban J connectivity index is 2.01. The molecule has 1 aliphatic carbocycles. The number of ether oxygens (including phenoxy) is 1. The topological polar surface area (TPSA) is 84.7 Å². The summed E-state index contributed by atoms with van der Waals surface area (Å²) in [6, 6.07) is 5.71. The van der Waals surface area contributed by atoms with Crippen LogP contribution in [-0.4, -0.2) is 33.0 Å². The second-order valence-electron chi connectivity index (χ2n) is 7.84. The molecule has 0 saturated heterocycles. The highest BCUT2D eigenvalue weighted by molar-refractivity contribution is 5.96. The van der Waals surface area contributed by atoms with Crippen LogP contribution >= 0.6 is 0 Å². The Hall–Kier alpha value is -2.90. The van der Waals surface area contributed by atoms with Crippen molar-refractivity contribution in [2.24, 2.45) is 11.8 Å². The van der Waals surface area contributed by atoms with E-state index in [0.717, 1.165) is 25.7 Å². The van der Waals surface area contributed by atoms with Gasteiger partial charge in [0.1, 0.15) is 11.5 Å². The Morgan fingerprint density at radius 2 is 1.90 bits per heavy atom. The quantitative estimate of drug-likeness (QED) is 0.736. The minimum Gasteiger partial charge on any atom is -0.449 e. The molecule has 1 fully saturated rings. The van der Waals surface area contributed by atoms with Crippen LogP contribution in [0, 0.1) is 17.7 Å². The molecule has 1 aliphatic rings. The normalized spacial score (nSPS) is 19.2. The molecule has 1 saturated carbocycles. The van der Waals surface area contributed by atoms with Gasteiger partial charge in [-0.2, -0.15) is 0 Å². The lowest BCUT2D eigenvalue weighted by Gasteiger charge is -2.32. The molecule has 1 aromatic carbocycles. The molecule has 0 spiro atoms. The first-order chi connectivity index (χ1) is 13.8. The summed E-state index contributed by atoms with van der Waals surface area (Å²) in [6.45, 7) is 5.84. The number of carbonyl (C=O) groups excluding carboxylic acids is 1. The Morgan fingerprint density at radius 1 is 1.24 bits per heavy atom. The minimum absolute atomic E-state index is 0.0780. The average molecular weight is 403 g/mol. The summed E-state index contributed by atoms with van der Waals surface area (Å²) in [5, 5.41) is 13.5. The van der Waals surface area contributed by atoms with Crippen molar-refractivity contribution in [2.45, 2.75) is 52.5 Å². The van der Waals surface area contributed by atoms with Gasteiger partial charge in [-0.1, -0.05) is 19.1 Å². The lowest BCUT2D eigenvalue weighted by molar-refractivity contribution is -0.124. The second-order valence-corrected chi connectivity index (χ2v) is 7.84. The first kappa shape index (κ1) is 20.8. The van der Waals surface area contributed by atoms with Crippen LogP contribution in [0.4, 0.5) is 15.0 Å². The molecular formula is C21H26FN3O4. The van der Waals surface area contributed by atoms with E-state index in [2.05, 4.69) is 12.0 Å². The Morgan fingerprint density at radius 3 is 2.48 bits per heavy atom. The molecule has 0 atom stereocenters. The third-order valence-corrected chi connectivity index (χ3v) is 5.31. The lowest BCUT2D eigenvalue weighted by Crippen LogP contribution is -2.42. The molecule has 29 heavy (non-hydrogen) atoms. The van der Waals surface area contributed by atoms with Crippen molar-refractivity contribution >= 4 is 17.9 Å². The van der Waals surface area contributed by atoms with Gasteiger partial charge in [-0.3, -0.25) is 9.69 Å². The van der Waals surface area contributed by atoms with Crippen molar-refractivity contribution in [1.82, 2.24) is 9.78 Å². The molecule has 1 aromatic heterocycles. The van der Waals surface area contributed by atoms with Crippen LogP contribution in [0.2, 0.25) is 0 Å². The zero-order valence-electron chi connectivity index (χ0n) is 16.8. The number of carboxylic acid groups (broad SMARTS) is 1. The van der Waals surface area contributed by atoms with Crippen molar-refractivity contribution in [3.8, 4) is 11.4 Å². The summed E-state index contributed by atoms with van der Waals surface area (Å²) >= 11 is 0. The van der Waals surface area contributed by atoms with E-state index in [1.807, 2.05) is 13.8 Å². The molecule has 156 valence electrons. The van der Waals surface area contributed by atoms with Gasteiger partial charge in [-0.25, -0.2) is 13.9 Å². The van der Waals surface area contributed by atoms with Gasteiger partial charge in [0.05, 0.1) is 6.20 Å². The molecule has 2 aromatic rings. The average Bonchev–Trinajstić information content (AvgIpc) is 3.04. The van der Waals surface area contributed by atoms with Crippen LogP contribution in [0.3, 0.4) is 0 Å². The molecule has 1 N–H and O–H groups in total. The molecule has 0 unspecified atom stereocenters. The zero-order valence-corrected chi connectivity index (χ0v) is 16.8. The van der Waals surface area contributed by atoms with E-state index in [0.29, 0.717) is 5.92 Å². The van der Waals surface area contributed by atoms with E-state index < -0.39 is 12.0 Å². The molecule has 1 amide bonds. The highest BCUT2D eigenvalue weighted by atomic mass is 19.1. The lowest BCUT2D eigenvalue weighted by atomic mass is 9.82. The SMILES string of the molecule is CC(C)N(c1nn(-c2ccccc2F)cc1OC(=O)O)C(=O)[C@H]1CC[C@H](C)CC1. The van der Waals surface area contributed by atoms with Crippen molar-refractivity contribution < 1.29 is 23.8 Å². The van der Waals surface area contributed by atoms with Gasteiger partial charge in [-0.15, -0.1) is 5.10 Å². The van der Waals surface area contributed by atoms with Crippen LogP contribution in [0.15, 0.2) is 30.5 Å². The van der Waals surface area contributed by atoms with Crippen LogP contribution in [0.5, 0.6) is 5.75 Å². The Kier molecular flexibility index (Phi) is 6.20. The highest BCUT2D eigenvalue weighted by Gasteiger charge is 2.34. The van der Waals surface area contributed by atoms with Crippen molar-refractivity contribution in [3.05, 3.63) is 36.3 Å². The van der Waals surface area contributed by atoms with E-state index in [-0.39, 0.29) is 35.1 Å². The predicted molar refractivity (Wildman–Crippen MR) is 106 cm³/mol. The summed E-state index contributed by atoms with van der Waals surface area (Å²) in [5.74, 6) is -0.211. The summed E-state index contributed by atoms with van der Waals surface area (Å²) in [7, 11) is 0. The summed E-state index contributed by atoms with van der Waals surface area (Å²) < 4.78 is 20.3. The van der Waals surface area contributed by atoms with Gasteiger partial charge < -0.3 is 9.84 Å². The predicted octanol–water partition coefficient (Wildman–Crippen LogP) is 4.64. The molecule has 0 aliphatic heterocycles. The highest BCUT2D eigenvalue weighted by Crippen LogP contribution is 2.35. The fraction of sp³-hybridized carbons (Fsp3) is 0.476. The van der Waals surface area contributed by atoms with Crippen LogP contribution < -0.4 is 9.64 Å². The van der Waals surface area contributed by atoms with Gasteiger partial charge >= 0.3 is 6.16 Å². The maximum Gasteiger partial charge on any atom is 0.511 e. The number of halogens is 1. The van der Waals surface area contributed by atoms with E-state index in [1.54, 1.807) is 12.1 Å². The van der Waals surface area contributed by atoms with Gasteiger partial charge in [0.15, 0.2) is 5.75 Å². The van der Waals surface area contributed by atoms with Gasteiger partial charge in [-0.05, 0) is 57.6 Å². The smallest absolute Gasteiger partial charge is 0.449 e. The molecule has 3 rings (SSSR count). The number of hydrogen-bond donors (Lipinski definition) is 1. The minimum atomic E-state index is -1.53. The standard InChI is InChI=1S/C21H26FN3O4/c1-13(2)25(20(26)15-10-8-14(3)9-11-15)19-18(29-21(27)28)12-24(23-19)17-7-5-4-6-16(17)22/h4-7,12-15H,8-11H2,1-3H3,(H,27,28)/t14-,15-. The Bertz CT molecular complexity index is 888. The Labute approximate surface area is 169 Å². The number of anilines is 1. The van der Waals surface area contributed by atoms with Crippen LogP contribution in [-0.2, 0) is 4.79 Å². The van der Waals surface area contributed by atoms with Gasteiger partial charge in [0.25, 0.3) is 0 Å². The fourth-order valence-corrected chi connectivity index (χ4v) is 3.75. The summed E-state index contributed by atoms with van der Waals surface area (Å²) in [6.07, 6.45) is 3.28. The van der Waals surface area contributed by atoms with Crippen LogP contribution in [0.25, 0.3) is 5.69 Å². The van der Waals surface area contributed by atoms with Crippen molar-refractivity contribution in [3.63, 3.8) is 0 Å². The molecule has 0 radical (unpaired) electrons. The third kappa shape index (κ3) is 4.58. The number of rotatable bonds is 5. The molecule has 7 nitrogen and oxygen atoms in total. The first-order valence-corrected chi connectivity index (χ1v) is 9.86. The maximum absolute atomic E-state index is 14.2. The first-order valence-electron chi connectivity index (χ1n) is 9.86. The molecular weight excluding hydrogens is 377 g/mol. The number of benzene rings is 1. The number of aromatic nitrogens is 2. The van der Waals surface area contributed by atoms with Gasteiger partial charge in [0.2, 0.25) is 11.7 Å². The number of amides is 1. The fourth-order valence-electron chi connectivity index (χ4n) is 3.75. The number of carbonyl (C=O) groups is 2. The third-order valence-electron chi connectivity index (χ3n) is 5.31. The van der Waals surface area contributed by atoms with E-state index in [4.69, 9.17) is 9.84 Å². The van der Waals surface area contributed by atoms with E-state index in [9.17, 15) is 14.0 Å². The largest absolute Gasteiger partial charge is 0.511 e.